The Morgan fingerprint density at radius 3 is 2.77 bits per heavy atom. The third kappa shape index (κ3) is 2.89. The van der Waals surface area contributed by atoms with Gasteiger partial charge in [-0.05, 0) is 25.8 Å². The zero-order chi connectivity index (χ0) is 15.7. The maximum atomic E-state index is 12.4. The van der Waals surface area contributed by atoms with E-state index in [0.717, 1.165) is 23.5 Å². The van der Waals surface area contributed by atoms with Crippen LogP contribution >= 0.6 is 11.3 Å². The minimum Gasteiger partial charge on any atom is -0.364 e. The van der Waals surface area contributed by atoms with Crippen LogP contribution in [0.1, 0.15) is 62.5 Å². The fourth-order valence-electron chi connectivity index (χ4n) is 2.77. The topological polar surface area (TPSA) is 101 Å². The number of aromatic nitrogens is 2. The lowest BCUT2D eigenvalue weighted by atomic mass is 10.1. The van der Waals surface area contributed by atoms with Gasteiger partial charge in [0.25, 0.3) is 11.8 Å². The fraction of sp³-hybridized carbons (Fsp3) is 0.400. The summed E-state index contributed by atoms with van der Waals surface area (Å²) < 4.78 is 0. The Kier molecular flexibility index (Phi) is 3.98. The van der Waals surface area contributed by atoms with Crippen molar-refractivity contribution in [3.63, 3.8) is 0 Å². The zero-order valence-corrected chi connectivity index (χ0v) is 13.1. The van der Waals surface area contributed by atoms with Crippen molar-refractivity contribution in [2.45, 2.75) is 38.5 Å². The minimum atomic E-state index is -0.557. The van der Waals surface area contributed by atoms with Gasteiger partial charge in [0.05, 0.1) is 16.4 Å². The highest BCUT2D eigenvalue weighted by atomic mass is 32.1. The van der Waals surface area contributed by atoms with Crippen LogP contribution in [0.3, 0.4) is 0 Å². The summed E-state index contributed by atoms with van der Waals surface area (Å²) in [5.74, 6) is -0.258. The Hall–Kier alpha value is -2.15. The molecule has 0 spiro atoms. The summed E-state index contributed by atoms with van der Waals surface area (Å²) in [5.41, 5.74) is 6.72. The Labute approximate surface area is 132 Å². The second-order valence-electron chi connectivity index (χ2n) is 5.57. The number of anilines is 1. The summed E-state index contributed by atoms with van der Waals surface area (Å²) in [6.07, 6.45) is 6.35. The maximum Gasteiger partial charge on any atom is 0.267 e. The number of carbonyl (C=O) groups is 2. The molecule has 2 heterocycles. The van der Waals surface area contributed by atoms with Gasteiger partial charge < -0.3 is 16.0 Å². The molecule has 1 aliphatic rings. The van der Waals surface area contributed by atoms with Gasteiger partial charge in [0.2, 0.25) is 0 Å². The van der Waals surface area contributed by atoms with Gasteiger partial charge in [0.1, 0.15) is 10.6 Å². The van der Waals surface area contributed by atoms with Crippen LogP contribution in [0, 0.1) is 6.92 Å². The summed E-state index contributed by atoms with van der Waals surface area (Å²) in [5, 5.41) is 3.83. The number of H-pyrrole nitrogens is 1. The van der Waals surface area contributed by atoms with Crippen molar-refractivity contribution in [2.75, 3.05) is 5.32 Å². The predicted molar refractivity (Wildman–Crippen MR) is 85.3 cm³/mol. The predicted octanol–water partition coefficient (Wildman–Crippen LogP) is 2.79. The van der Waals surface area contributed by atoms with Crippen LogP contribution in [0.25, 0.3) is 0 Å². The van der Waals surface area contributed by atoms with E-state index in [1.807, 2.05) is 6.92 Å². The number of amides is 2. The molecule has 1 fully saturated rings. The Morgan fingerprint density at radius 2 is 2.14 bits per heavy atom. The smallest absolute Gasteiger partial charge is 0.267 e. The lowest BCUT2D eigenvalue weighted by Crippen LogP contribution is -2.12. The number of carbonyl (C=O) groups excluding carboxylic acids is 2. The van der Waals surface area contributed by atoms with E-state index in [1.54, 1.807) is 6.20 Å². The van der Waals surface area contributed by atoms with E-state index in [4.69, 9.17) is 5.73 Å². The molecule has 116 valence electrons. The second-order valence-corrected chi connectivity index (χ2v) is 6.60. The Bertz CT molecular complexity index is 713. The molecule has 1 saturated carbocycles. The van der Waals surface area contributed by atoms with Crippen molar-refractivity contribution in [1.82, 2.24) is 9.97 Å². The van der Waals surface area contributed by atoms with Crippen LogP contribution in [-0.2, 0) is 0 Å². The van der Waals surface area contributed by atoms with Gasteiger partial charge in [-0.1, -0.05) is 12.8 Å². The van der Waals surface area contributed by atoms with Gasteiger partial charge >= 0.3 is 0 Å². The number of thiazole rings is 1. The molecule has 0 aromatic carbocycles. The standard InChI is InChI=1S/C15H18N4O2S/c1-8-12(22-15(18-8)9-4-2-3-5-9)14(21)19-10-6-11(13(16)20)17-7-10/h6-7,9,17H,2-5H2,1H3,(H2,16,20)(H,19,21). The molecule has 1 aliphatic carbocycles. The molecule has 0 bridgehead atoms. The van der Waals surface area contributed by atoms with E-state index < -0.39 is 5.91 Å². The van der Waals surface area contributed by atoms with Crippen molar-refractivity contribution in [2.24, 2.45) is 5.73 Å². The minimum absolute atomic E-state index is 0.200. The summed E-state index contributed by atoms with van der Waals surface area (Å²) >= 11 is 1.47. The molecule has 2 aromatic heterocycles. The molecular formula is C15H18N4O2S. The number of primary amides is 1. The van der Waals surface area contributed by atoms with Crippen LogP contribution in [-0.4, -0.2) is 21.8 Å². The first-order valence-corrected chi connectivity index (χ1v) is 8.13. The zero-order valence-electron chi connectivity index (χ0n) is 12.3. The summed E-state index contributed by atoms with van der Waals surface area (Å²) in [6.45, 7) is 1.86. The quantitative estimate of drug-likeness (QED) is 0.808. The average molecular weight is 318 g/mol. The van der Waals surface area contributed by atoms with Crippen molar-refractivity contribution in [1.29, 1.82) is 0 Å². The summed E-state index contributed by atoms with van der Waals surface area (Å²) in [4.78, 5) is 31.3. The van der Waals surface area contributed by atoms with Gasteiger partial charge in [0, 0.05) is 12.1 Å². The molecule has 0 atom stereocenters. The van der Waals surface area contributed by atoms with Crippen molar-refractivity contribution < 1.29 is 9.59 Å². The number of nitrogens with one attached hydrogen (secondary N) is 2. The highest BCUT2D eigenvalue weighted by molar-refractivity contribution is 7.14. The molecule has 2 amide bonds. The average Bonchev–Trinajstić information content (AvgIpc) is 3.16. The van der Waals surface area contributed by atoms with E-state index >= 15 is 0 Å². The molecule has 4 N–H and O–H groups in total. The number of hydrogen-bond donors (Lipinski definition) is 3. The largest absolute Gasteiger partial charge is 0.364 e. The van der Waals surface area contributed by atoms with Gasteiger partial charge in [-0.15, -0.1) is 11.3 Å². The second kappa shape index (κ2) is 5.92. The summed E-state index contributed by atoms with van der Waals surface area (Å²) in [6, 6.07) is 1.52. The van der Waals surface area contributed by atoms with Crippen molar-refractivity contribution >= 4 is 28.8 Å². The highest BCUT2D eigenvalue weighted by Crippen LogP contribution is 2.37. The first kappa shape index (κ1) is 14.8. The first-order chi connectivity index (χ1) is 10.5. The SMILES string of the molecule is Cc1nc(C2CCCC2)sc1C(=O)Nc1c[nH]c(C(N)=O)c1. The lowest BCUT2D eigenvalue weighted by Gasteiger charge is -2.02. The molecule has 0 radical (unpaired) electrons. The third-order valence-electron chi connectivity index (χ3n) is 3.93. The van der Waals surface area contributed by atoms with E-state index in [-0.39, 0.29) is 11.6 Å². The Morgan fingerprint density at radius 1 is 1.41 bits per heavy atom. The molecule has 0 aliphatic heterocycles. The lowest BCUT2D eigenvalue weighted by molar-refractivity contribution is 0.0993. The molecule has 22 heavy (non-hydrogen) atoms. The van der Waals surface area contributed by atoms with Gasteiger partial charge in [-0.3, -0.25) is 9.59 Å². The molecule has 6 nitrogen and oxygen atoms in total. The van der Waals surface area contributed by atoms with Gasteiger partial charge in [-0.2, -0.15) is 0 Å². The Balaban J connectivity index is 1.75. The number of nitrogens with two attached hydrogens (primary N) is 1. The number of rotatable bonds is 4. The number of hydrogen-bond acceptors (Lipinski definition) is 4. The molecule has 7 heteroatoms. The van der Waals surface area contributed by atoms with E-state index in [2.05, 4.69) is 15.3 Å². The maximum absolute atomic E-state index is 12.4. The monoisotopic (exact) mass is 318 g/mol. The van der Waals surface area contributed by atoms with Crippen LogP contribution in [0.2, 0.25) is 0 Å². The molecule has 3 rings (SSSR count). The van der Waals surface area contributed by atoms with Gasteiger partial charge in [-0.25, -0.2) is 4.98 Å². The molecule has 0 unspecified atom stereocenters. The van der Waals surface area contributed by atoms with Crippen molar-refractivity contribution in [3.8, 4) is 0 Å². The number of aryl methyl sites for hydroxylation is 1. The number of nitrogens with zero attached hydrogens (tertiary/aromatic N) is 1. The number of aromatic amines is 1. The molecular weight excluding hydrogens is 300 g/mol. The van der Waals surface area contributed by atoms with Gasteiger partial charge in [0.15, 0.2) is 0 Å². The van der Waals surface area contributed by atoms with E-state index in [1.165, 1.54) is 30.2 Å². The van der Waals surface area contributed by atoms with E-state index in [0.29, 0.717) is 16.5 Å². The molecule has 2 aromatic rings. The normalized spacial score (nSPS) is 15.1. The fourth-order valence-corrected chi connectivity index (χ4v) is 3.90. The van der Waals surface area contributed by atoms with E-state index in [9.17, 15) is 9.59 Å². The van der Waals surface area contributed by atoms with Crippen LogP contribution in [0.15, 0.2) is 12.3 Å². The van der Waals surface area contributed by atoms with Crippen molar-refractivity contribution in [3.05, 3.63) is 33.5 Å². The summed E-state index contributed by atoms with van der Waals surface area (Å²) in [7, 11) is 0. The third-order valence-corrected chi connectivity index (χ3v) is 5.25. The van der Waals surface area contributed by atoms with Crippen LogP contribution in [0.5, 0.6) is 0 Å². The first-order valence-electron chi connectivity index (χ1n) is 7.31. The molecule has 0 saturated heterocycles. The van der Waals surface area contributed by atoms with Crippen LogP contribution in [0.4, 0.5) is 5.69 Å². The van der Waals surface area contributed by atoms with Crippen LogP contribution < -0.4 is 11.1 Å². The highest BCUT2D eigenvalue weighted by Gasteiger charge is 2.24.